The number of nitrogens with zero attached hydrogens (tertiary/aromatic N) is 2. The summed E-state index contributed by atoms with van der Waals surface area (Å²) in [6.45, 7) is 2.84. The number of aromatic nitrogens is 2. The SMILES string of the molecule is CCCCNC(=O)c1nn(-c2ccccc2)c2c1CCC2. The van der Waals surface area contributed by atoms with E-state index < -0.39 is 0 Å². The Bertz CT molecular complexity index is 631. The molecule has 0 spiro atoms. The molecule has 4 heteroatoms. The first-order chi connectivity index (χ1) is 10.3. The molecule has 1 amide bonds. The van der Waals surface area contributed by atoms with Gasteiger partial charge in [-0.05, 0) is 37.8 Å². The number of carbonyl (C=O) groups is 1. The lowest BCUT2D eigenvalue weighted by Gasteiger charge is -2.05. The van der Waals surface area contributed by atoms with Crippen molar-refractivity contribution in [3.8, 4) is 5.69 Å². The predicted octanol–water partition coefficient (Wildman–Crippen LogP) is 2.89. The summed E-state index contributed by atoms with van der Waals surface area (Å²) in [7, 11) is 0. The molecule has 1 heterocycles. The Hall–Kier alpha value is -2.10. The van der Waals surface area contributed by atoms with Crippen LogP contribution in [0.1, 0.15) is 47.9 Å². The number of para-hydroxylation sites is 1. The molecule has 0 atom stereocenters. The summed E-state index contributed by atoms with van der Waals surface area (Å²) in [4.78, 5) is 12.3. The van der Waals surface area contributed by atoms with Crippen molar-refractivity contribution in [2.24, 2.45) is 0 Å². The molecule has 0 bridgehead atoms. The third kappa shape index (κ3) is 2.71. The molecule has 0 saturated carbocycles. The van der Waals surface area contributed by atoms with Crippen LogP contribution in [0.2, 0.25) is 0 Å². The number of rotatable bonds is 5. The van der Waals surface area contributed by atoms with Crippen LogP contribution in [0.5, 0.6) is 0 Å². The highest BCUT2D eigenvalue weighted by atomic mass is 16.1. The second-order valence-corrected chi connectivity index (χ2v) is 5.48. The lowest BCUT2D eigenvalue weighted by Crippen LogP contribution is -2.25. The zero-order chi connectivity index (χ0) is 14.7. The first kappa shape index (κ1) is 13.9. The molecule has 1 aliphatic rings. The summed E-state index contributed by atoms with van der Waals surface area (Å²) in [6, 6.07) is 10.1. The van der Waals surface area contributed by atoms with Gasteiger partial charge in [-0.15, -0.1) is 0 Å². The van der Waals surface area contributed by atoms with E-state index in [1.54, 1.807) is 0 Å². The van der Waals surface area contributed by atoms with Gasteiger partial charge in [-0.25, -0.2) is 4.68 Å². The molecule has 1 N–H and O–H groups in total. The molecule has 0 unspecified atom stereocenters. The van der Waals surface area contributed by atoms with Crippen molar-refractivity contribution in [3.05, 3.63) is 47.3 Å². The average molecular weight is 283 g/mol. The van der Waals surface area contributed by atoms with E-state index in [0.717, 1.165) is 49.9 Å². The standard InChI is InChI=1S/C17H21N3O/c1-2-3-12-18-17(21)16-14-10-7-11-15(14)20(19-16)13-8-5-4-6-9-13/h4-6,8-9H,2-3,7,10-12H2,1H3,(H,18,21). The number of nitrogens with one attached hydrogen (secondary N) is 1. The molecular formula is C17H21N3O. The van der Waals surface area contributed by atoms with Gasteiger partial charge in [0.25, 0.3) is 5.91 Å². The van der Waals surface area contributed by atoms with Gasteiger partial charge in [0.15, 0.2) is 5.69 Å². The normalized spacial score (nSPS) is 13.2. The van der Waals surface area contributed by atoms with Gasteiger partial charge in [-0.3, -0.25) is 4.79 Å². The van der Waals surface area contributed by atoms with E-state index in [1.165, 1.54) is 5.69 Å². The molecular weight excluding hydrogens is 262 g/mol. The lowest BCUT2D eigenvalue weighted by atomic mass is 10.2. The Morgan fingerprint density at radius 2 is 2.10 bits per heavy atom. The van der Waals surface area contributed by atoms with Crippen molar-refractivity contribution >= 4 is 5.91 Å². The largest absolute Gasteiger partial charge is 0.351 e. The van der Waals surface area contributed by atoms with Crippen molar-refractivity contribution in [3.63, 3.8) is 0 Å². The summed E-state index contributed by atoms with van der Waals surface area (Å²) >= 11 is 0. The molecule has 2 aromatic rings. The minimum Gasteiger partial charge on any atom is -0.351 e. The third-order valence-electron chi connectivity index (χ3n) is 3.96. The number of fused-ring (bicyclic) bond motifs is 1. The maximum Gasteiger partial charge on any atom is 0.272 e. The number of hydrogen-bond acceptors (Lipinski definition) is 2. The Kier molecular flexibility index (Phi) is 4.04. The van der Waals surface area contributed by atoms with E-state index in [0.29, 0.717) is 5.69 Å². The second-order valence-electron chi connectivity index (χ2n) is 5.48. The third-order valence-corrected chi connectivity index (χ3v) is 3.96. The van der Waals surface area contributed by atoms with Crippen LogP contribution in [-0.2, 0) is 12.8 Å². The van der Waals surface area contributed by atoms with Gasteiger partial charge in [0.1, 0.15) is 0 Å². The van der Waals surface area contributed by atoms with Crippen LogP contribution in [0.15, 0.2) is 30.3 Å². The molecule has 0 fully saturated rings. The van der Waals surface area contributed by atoms with Gasteiger partial charge in [0, 0.05) is 17.8 Å². The van der Waals surface area contributed by atoms with Crippen molar-refractivity contribution < 1.29 is 4.79 Å². The fourth-order valence-electron chi connectivity index (χ4n) is 2.86. The first-order valence-corrected chi connectivity index (χ1v) is 7.75. The van der Waals surface area contributed by atoms with Gasteiger partial charge in [-0.1, -0.05) is 31.5 Å². The quantitative estimate of drug-likeness (QED) is 0.858. The van der Waals surface area contributed by atoms with Crippen LogP contribution in [0.25, 0.3) is 5.69 Å². The molecule has 0 saturated heterocycles. The molecule has 1 aromatic heterocycles. The van der Waals surface area contributed by atoms with Crippen LogP contribution in [0, 0.1) is 0 Å². The predicted molar refractivity (Wildman–Crippen MR) is 82.8 cm³/mol. The van der Waals surface area contributed by atoms with Crippen molar-refractivity contribution in [2.75, 3.05) is 6.54 Å². The molecule has 1 aliphatic carbocycles. The molecule has 3 rings (SSSR count). The van der Waals surface area contributed by atoms with Gasteiger partial charge in [0.2, 0.25) is 0 Å². The van der Waals surface area contributed by atoms with E-state index >= 15 is 0 Å². The van der Waals surface area contributed by atoms with Crippen LogP contribution >= 0.6 is 0 Å². The molecule has 110 valence electrons. The van der Waals surface area contributed by atoms with Gasteiger partial charge in [-0.2, -0.15) is 5.10 Å². The molecule has 0 aliphatic heterocycles. The minimum absolute atomic E-state index is 0.0312. The molecule has 1 aromatic carbocycles. The number of amides is 1. The Morgan fingerprint density at radius 1 is 1.29 bits per heavy atom. The van der Waals surface area contributed by atoms with Gasteiger partial charge < -0.3 is 5.32 Å². The lowest BCUT2D eigenvalue weighted by molar-refractivity contribution is 0.0947. The summed E-state index contributed by atoms with van der Waals surface area (Å²) < 4.78 is 1.94. The number of unbranched alkanes of at least 4 members (excludes halogenated alkanes) is 1. The van der Waals surface area contributed by atoms with Crippen LogP contribution < -0.4 is 5.32 Å². The fourth-order valence-corrected chi connectivity index (χ4v) is 2.86. The number of carbonyl (C=O) groups excluding carboxylic acids is 1. The highest BCUT2D eigenvalue weighted by Gasteiger charge is 2.26. The van der Waals surface area contributed by atoms with Crippen LogP contribution in [0.4, 0.5) is 0 Å². The highest BCUT2D eigenvalue weighted by Crippen LogP contribution is 2.27. The maximum absolute atomic E-state index is 12.3. The van der Waals surface area contributed by atoms with Crippen molar-refractivity contribution in [2.45, 2.75) is 39.0 Å². The monoisotopic (exact) mass is 283 g/mol. The Labute approximate surface area is 125 Å². The van der Waals surface area contributed by atoms with E-state index in [9.17, 15) is 4.79 Å². The summed E-state index contributed by atoms with van der Waals surface area (Å²) in [5.74, 6) is -0.0312. The maximum atomic E-state index is 12.3. The van der Waals surface area contributed by atoms with Crippen LogP contribution in [0.3, 0.4) is 0 Å². The van der Waals surface area contributed by atoms with Gasteiger partial charge >= 0.3 is 0 Å². The Morgan fingerprint density at radius 3 is 2.86 bits per heavy atom. The first-order valence-electron chi connectivity index (χ1n) is 7.75. The number of hydrogen-bond donors (Lipinski definition) is 1. The zero-order valence-electron chi connectivity index (χ0n) is 12.4. The molecule has 21 heavy (non-hydrogen) atoms. The topological polar surface area (TPSA) is 46.9 Å². The summed E-state index contributed by atoms with van der Waals surface area (Å²) in [6.07, 6.45) is 5.15. The number of benzene rings is 1. The zero-order valence-corrected chi connectivity index (χ0v) is 12.4. The smallest absolute Gasteiger partial charge is 0.272 e. The average Bonchev–Trinajstić information content (AvgIpc) is 3.10. The molecule has 4 nitrogen and oxygen atoms in total. The van der Waals surface area contributed by atoms with Crippen LogP contribution in [-0.4, -0.2) is 22.2 Å². The molecule has 0 radical (unpaired) electrons. The van der Waals surface area contributed by atoms with E-state index in [4.69, 9.17) is 0 Å². The van der Waals surface area contributed by atoms with Crippen molar-refractivity contribution in [1.29, 1.82) is 0 Å². The minimum atomic E-state index is -0.0312. The highest BCUT2D eigenvalue weighted by molar-refractivity contribution is 5.94. The van der Waals surface area contributed by atoms with Crippen molar-refractivity contribution in [1.82, 2.24) is 15.1 Å². The van der Waals surface area contributed by atoms with E-state index in [1.807, 2.05) is 35.0 Å². The second kappa shape index (κ2) is 6.12. The van der Waals surface area contributed by atoms with E-state index in [-0.39, 0.29) is 5.91 Å². The Balaban J connectivity index is 1.91. The fraction of sp³-hybridized carbons (Fsp3) is 0.412. The van der Waals surface area contributed by atoms with E-state index in [2.05, 4.69) is 17.3 Å². The van der Waals surface area contributed by atoms with Gasteiger partial charge in [0.05, 0.1) is 5.69 Å². The summed E-state index contributed by atoms with van der Waals surface area (Å²) in [5.41, 5.74) is 3.97. The summed E-state index contributed by atoms with van der Waals surface area (Å²) in [5, 5.41) is 7.56.